The highest BCUT2D eigenvalue weighted by Crippen LogP contribution is 2.32. The fraction of sp³-hybridized carbons (Fsp3) is 0.438. The highest BCUT2D eigenvalue weighted by atomic mass is 16.3. The van der Waals surface area contributed by atoms with E-state index >= 15 is 0 Å². The molecule has 0 aromatic heterocycles. The second kappa shape index (κ2) is 7.12. The maximum absolute atomic E-state index is 11.8. The predicted molar refractivity (Wildman–Crippen MR) is 74.5 cm³/mol. The summed E-state index contributed by atoms with van der Waals surface area (Å²) >= 11 is 0. The number of aliphatic hydroxyl groups is 1. The SMILES string of the molecule is C=CCC(c1ccccc1)C(C(C)=O)C(O)CC. The van der Waals surface area contributed by atoms with Crippen molar-refractivity contribution in [3.8, 4) is 0 Å². The van der Waals surface area contributed by atoms with E-state index in [1.54, 1.807) is 6.92 Å². The number of carbonyl (C=O) groups is 1. The summed E-state index contributed by atoms with van der Waals surface area (Å²) in [6.45, 7) is 7.22. The molecule has 0 saturated heterocycles. The van der Waals surface area contributed by atoms with Gasteiger partial charge in [-0.1, -0.05) is 43.3 Å². The molecule has 2 heteroatoms. The maximum Gasteiger partial charge on any atom is 0.136 e. The van der Waals surface area contributed by atoms with Crippen LogP contribution >= 0.6 is 0 Å². The third-order valence-electron chi connectivity index (χ3n) is 3.38. The normalized spacial score (nSPS) is 15.7. The standard InChI is InChI=1S/C16H22O2/c1-4-9-14(13-10-7-6-8-11-13)16(12(3)17)15(18)5-2/h4,6-8,10-11,14-16,18H,1,5,9H2,2-3H3. The Morgan fingerprint density at radius 2 is 2.00 bits per heavy atom. The average molecular weight is 246 g/mol. The molecule has 1 aromatic rings. The van der Waals surface area contributed by atoms with E-state index in [0.29, 0.717) is 12.8 Å². The number of Topliss-reactive ketones (excluding diaryl/α,β-unsaturated/α-hetero) is 1. The number of benzene rings is 1. The van der Waals surface area contributed by atoms with Gasteiger partial charge in [0, 0.05) is 0 Å². The lowest BCUT2D eigenvalue weighted by Gasteiger charge is -2.28. The summed E-state index contributed by atoms with van der Waals surface area (Å²) < 4.78 is 0. The van der Waals surface area contributed by atoms with Crippen LogP contribution in [0.3, 0.4) is 0 Å². The molecule has 0 aliphatic heterocycles. The number of ketones is 1. The molecule has 1 rings (SSSR count). The van der Waals surface area contributed by atoms with Gasteiger partial charge in [0.1, 0.15) is 5.78 Å². The molecule has 1 N–H and O–H groups in total. The van der Waals surface area contributed by atoms with Crippen molar-refractivity contribution in [1.29, 1.82) is 0 Å². The van der Waals surface area contributed by atoms with Crippen LogP contribution < -0.4 is 0 Å². The van der Waals surface area contributed by atoms with Gasteiger partial charge in [-0.25, -0.2) is 0 Å². The second-order valence-corrected chi connectivity index (χ2v) is 4.65. The molecule has 0 fully saturated rings. The van der Waals surface area contributed by atoms with E-state index < -0.39 is 6.10 Å². The molecule has 0 amide bonds. The van der Waals surface area contributed by atoms with Crippen molar-refractivity contribution in [3.05, 3.63) is 48.6 Å². The first-order chi connectivity index (χ1) is 8.61. The Bertz CT molecular complexity index is 383. The molecule has 0 spiro atoms. The summed E-state index contributed by atoms with van der Waals surface area (Å²) in [7, 11) is 0. The van der Waals surface area contributed by atoms with Gasteiger partial charge in [0.15, 0.2) is 0 Å². The maximum atomic E-state index is 11.8. The van der Waals surface area contributed by atoms with Gasteiger partial charge >= 0.3 is 0 Å². The first-order valence-electron chi connectivity index (χ1n) is 6.46. The van der Waals surface area contributed by atoms with Gasteiger partial charge in [-0.15, -0.1) is 6.58 Å². The number of rotatable bonds is 7. The third kappa shape index (κ3) is 3.54. The molecule has 18 heavy (non-hydrogen) atoms. The van der Waals surface area contributed by atoms with E-state index in [-0.39, 0.29) is 17.6 Å². The van der Waals surface area contributed by atoms with Crippen LogP contribution in [0.4, 0.5) is 0 Å². The first-order valence-corrected chi connectivity index (χ1v) is 6.46. The average Bonchev–Trinajstić information content (AvgIpc) is 2.38. The van der Waals surface area contributed by atoms with Crippen LogP contribution in [0.2, 0.25) is 0 Å². The van der Waals surface area contributed by atoms with Crippen LogP contribution in [-0.2, 0) is 4.79 Å². The fourth-order valence-corrected chi connectivity index (χ4v) is 2.45. The van der Waals surface area contributed by atoms with E-state index in [1.807, 2.05) is 43.3 Å². The monoisotopic (exact) mass is 246 g/mol. The molecular weight excluding hydrogens is 224 g/mol. The minimum absolute atomic E-state index is 0.0103. The second-order valence-electron chi connectivity index (χ2n) is 4.65. The van der Waals surface area contributed by atoms with Crippen molar-refractivity contribution < 1.29 is 9.90 Å². The van der Waals surface area contributed by atoms with Crippen LogP contribution in [0.5, 0.6) is 0 Å². The molecule has 98 valence electrons. The van der Waals surface area contributed by atoms with Crippen molar-refractivity contribution in [3.63, 3.8) is 0 Å². The zero-order valence-corrected chi connectivity index (χ0v) is 11.2. The van der Waals surface area contributed by atoms with E-state index in [2.05, 4.69) is 6.58 Å². The Balaban J connectivity index is 3.08. The Labute approximate surface area is 109 Å². The predicted octanol–water partition coefficient (Wildman–Crippen LogP) is 3.32. The minimum Gasteiger partial charge on any atom is -0.392 e. The zero-order chi connectivity index (χ0) is 13.5. The molecule has 3 atom stereocenters. The minimum atomic E-state index is -0.590. The molecule has 0 saturated carbocycles. The van der Waals surface area contributed by atoms with Gasteiger partial charge in [0.05, 0.1) is 12.0 Å². The Morgan fingerprint density at radius 3 is 2.44 bits per heavy atom. The molecule has 0 bridgehead atoms. The van der Waals surface area contributed by atoms with Gasteiger partial charge in [-0.05, 0) is 31.2 Å². The molecule has 0 heterocycles. The number of carbonyl (C=O) groups excluding carboxylic acids is 1. The van der Waals surface area contributed by atoms with E-state index in [4.69, 9.17) is 0 Å². The smallest absolute Gasteiger partial charge is 0.136 e. The van der Waals surface area contributed by atoms with Crippen LogP contribution in [0, 0.1) is 5.92 Å². The fourth-order valence-electron chi connectivity index (χ4n) is 2.45. The Kier molecular flexibility index (Phi) is 5.79. The highest BCUT2D eigenvalue weighted by Gasteiger charge is 2.31. The summed E-state index contributed by atoms with van der Waals surface area (Å²) in [6, 6.07) is 9.88. The summed E-state index contributed by atoms with van der Waals surface area (Å²) in [4.78, 5) is 11.8. The number of hydrogen-bond donors (Lipinski definition) is 1. The Hall–Kier alpha value is -1.41. The summed E-state index contributed by atoms with van der Waals surface area (Å²) in [5, 5.41) is 10.1. The van der Waals surface area contributed by atoms with Crippen molar-refractivity contribution in [2.75, 3.05) is 0 Å². The lowest BCUT2D eigenvalue weighted by Crippen LogP contribution is -2.31. The molecular formula is C16H22O2. The lowest BCUT2D eigenvalue weighted by molar-refractivity contribution is -0.125. The number of hydrogen-bond acceptors (Lipinski definition) is 2. The number of aliphatic hydroxyl groups excluding tert-OH is 1. The van der Waals surface area contributed by atoms with Gasteiger partial charge < -0.3 is 5.11 Å². The van der Waals surface area contributed by atoms with Crippen molar-refractivity contribution >= 4 is 5.78 Å². The van der Waals surface area contributed by atoms with Crippen molar-refractivity contribution in [1.82, 2.24) is 0 Å². The lowest BCUT2D eigenvalue weighted by atomic mass is 9.77. The highest BCUT2D eigenvalue weighted by molar-refractivity contribution is 5.80. The summed E-state index contributed by atoms with van der Waals surface area (Å²) in [5.74, 6) is -0.299. The topological polar surface area (TPSA) is 37.3 Å². The van der Waals surface area contributed by atoms with Crippen molar-refractivity contribution in [2.45, 2.75) is 38.7 Å². The van der Waals surface area contributed by atoms with E-state index in [1.165, 1.54) is 0 Å². The first kappa shape index (κ1) is 14.7. The van der Waals surface area contributed by atoms with E-state index in [0.717, 1.165) is 5.56 Å². The molecule has 0 radical (unpaired) electrons. The Morgan fingerprint density at radius 1 is 1.39 bits per heavy atom. The van der Waals surface area contributed by atoms with Gasteiger partial charge in [-0.2, -0.15) is 0 Å². The van der Waals surface area contributed by atoms with Gasteiger partial charge in [-0.3, -0.25) is 4.79 Å². The van der Waals surface area contributed by atoms with Crippen LogP contribution in [-0.4, -0.2) is 17.0 Å². The van der Waals surface area contributed by atoms with Crippen LogP contribution in [0.1, 0.15) is 38.2 Å². The molecule has 2 nitrogen and oxygen atoms in total. The third-order valence-corrected chi connectivity index (χ3v) is 3.38. The van der Waals surface area contributed by atoms with Crippen LogP contribution in [0.15, 0.2) is 43.0 Å². The summed E-state index contributed by atoms with van der Waals surface area (Å²) in [5.41, 5.74) is 1.09. The van der Waals surface area contributed by atoms with E-state index in [9.17, 15) is 9.90 Å². The van der Waals surface area contributed by atoms with Crippen molar-refractivity contribution in [2.24, 2.45) is 5.92 Å². The van der Waals surface area contributed by atoms with Crippen LogP contribution in [0.25, 0.3) is 0 Å². The largest absolute Gasteiger partial charge is 0.392 e. The molecule has 3 unspecified atom stereocenters. The van der Waals surface area contributed by atoms with Gasteiger partial charge in [0.2, 0.25) is 0 Å². The number of allylic oxidation sites excluding steroid dienone is 1. The quantitative estimate of drug-likeness (QED) is 0.749. The van der Waals surface area contributed by atoms with Gasteiger partial charge in [0.25, 0.3) is 0 Å². The molecule has 0 aliphatic rings. The summed E-state index contributed by atoms with van der Waals surface area (Å²) in [6.07, 6.45) is 2.51. The molecule has 1 aromatic carbocycles. The zero-order valence-electron chi connectivity index (χ0n) is 11.2. The molecule has 0 aliphatic carbocycles.